The summed E-state index contributed by atoms with van der Waals surface area (Å²) in [6.07, 6.45) is 7.59. The molecule has 0 radical (unpaired) electrons. The molecule has 4 aliphatic carbocycles. The van der Waals surface area contributed by atoms with E-state index in [2.05, 4.69) is 18.7 Å². The van der Waals surface area contributed by atoms with Gasteiger partial charge in [-0.3, -0.25) is 14.4 Å². The Labute approximate surface area is 333 Å². The fraction of sp³-hybridized carbons (Fsp3) is 0.636. The van der Waals surface area contributed by atoms with Crippen LogP contribution in [0, 0.1) is 48.2 Å². The lowest BCUT2D eigenvalue weighted by Gasteiger charge is -2.59. The predicted octanol–water partition coefficient (Wildman–Crippen LogP) is 4.89. The molecule has 57 heavy (non-hydrogen) atoms. The summed E-state index contributed by atoms with van der Waals surface area (Å²) < 4.78 is 23.4. The van der Waals surface area contributed by atoms with Gasteiger partial charge in [0, 0.05) is 53.7 Å². The monoisotopic (exact) mass is 791 g/mol. The van der Waals surface area contributed by atoms with Crippen LogP contribution in [0.15, 0.2) is 28.6 Å². The molecule has 0 bridgehead atoms. The lowest BCUT2D eigenvalue weighted by atomic mass is 9.46. The molecule has 1 unspecified atom stereocenters. The summed E-state index contributed by atoms with van der Waals surface area (Å²) in [5.74, 6) is -1.77. The summed E-state index contributed by atoms with van der Waals surface area (Å²) in [5, 5.41) is 42.8. The number of aryl methyl sites for hydroxylation is 1. The third kappa shape index (κ3) is 6.04. The molecule has 9 atom stereocenters. The number of carboxylic acids is 1. The fourth-order valence-corrected chi connectivity index (χ4v) is 11.8. The second-order valence-corrected chi connectivity index (χ2v) is 18.7. The van der Waals surface area contributed by atoms with E-state index in [-0.39, 0.29) is 64.2 Å². The topological polar surface area (TPSA) is 170 Å². The van der Waals surface area contributed by atoms with Crippen LogP contribution in [0.1, 0.15) is 101 Å². The number of carboxylic acid groups (broad SMARTS) is 1. The van der Waals surface area contributed by atoms with Crippen molar-refractivity contribution in [1.82, 2.24) is 9.47 Å². The van der Waals surface area contributed by atoms with Crippen LogP contribution in [0.4, 0.5) is 10.1 Å². The van der Waals surface area contributed by atoms with Crippen molar-refractivity contribution in [1.29, 1.82) is 0 Å². The van der Waals surface area contributed by atoms with Crippen LogP contribution in [0.5, 0.6) is 5.75 Å². The zero-order valence-electron chi connectivity index (χ0n) is 34.6. The average Bonchev–Trinajstić information content (AvgIpc) is 3.39. The predicted molar refractivity (Wildman–Crippen MR) is 213 cm³/mol. The molecule has 0 spiro atoms. The maximum Gasteiger partial charge on any atom is 0.341 e. The van der Waals surface area contributed by atoms with Crippen LogP contribution in [-0.2, 0) is 9.59 Å². The number of hydrogen-bond donors (Lipinski definition) is 4. The van der Waals surface area contributed by atoms with Crippen molar-refractivity contribution in [3.63, 3.8) is 0 Å². The maximum atomic E-state index is 15.6. The molecule has 2 aliphatic heterocycles. The first kappa shape index (κ1) is 41.3. The molecule has 1 saturated heterocycles. The normalized spacial score (nSPS) is 34.7. The Morgan fingerprint density at radius 1 is 1.07 bits per heavy atom. The van der Waals surface area contributed by atoms with E-state index < -0.39 is 45.7 Å². The zero-order chi connectivity index (χ0) is 41.9. The summed E-state index contributed by atoms with van der Waals surface area (Å²) in [5.41, 5.74) is -2.84. The van der Waals surface area contributed by atoms with Crippen molar-refractivity contribution < 1.29 is 43.9 Å². The van der Waals surface area contributed by atoms with E-state index in [0.717, 1.165) is 25.0 Å². The summed E-state index contributed by atoms with van der Waals surface area (Å²) in [6.45, 7) is 16.4. The first-order valence-corrected chi connectivity index (χ1v) is 20.3. The van der Waals surface area contributed by atoms with E-state index in [0.29, 0.717) is 55.0 Å². The minimum Gasteiger partial charge on any atom is -0.487 e. The van der Waals surface area contributed by atoms with Crippen molar-refractivity contribution in [3.8, 4) is 5.75 Å². The Morgan fingerprint density at radius 2 is 1.75 bits per heavy atom. The second kappa shape index (κ2) is 13.8. The van der Waals surface area contributed by atoms with Crippen LogP contribution < -0.4 is 15.1 Å². The van der Waals surface area contributed by atoms with Gasteiger partial charge in [-0.25, -0.2) is 9.18 Å². The average molecular weight is 792 g/mol. The lowest BCUT2D eigenvalue weighted by Crippen LogP contribution is -2.63. The molecule has 310 valence electrons. The number of aliphatic hydroxyl groups is 3. The highest BCUT2D eigenvalue weighted by Gasteiger charge is 2.69. The Hall–Kier alpha value is -3.91. The number of aliphatic hydroxyl groups excluding tert-OH is 1. The molecule has 3 saturated carbocycles. The van der Waals surface area contributed by atoms with E-state index in [1.807, 2.05) is 36.4 Å². The molecule has 3 heterocycles. The summed E-state index contributed by atoms with van der Waals surface area (Å²) in [7, 11) is 2.04. The van der Waals surface area contributed by atoms with E-state index in [1.54, 1.807) is 26.0 Å². The standard InChI is InChI=1S/C23H32O5.C21H26FN3O4/c1-20(2,27)19(26)23(28)10-8-16-15-6-5-13-11-14(24)7-9-21(13,3)18(15)17(25)12-22(16,23)4;1-10-8-24(7-6-23(10)5)18-16(22)12(3)14-17-20(18)29-9-11(2)25(17)13(4)15(19(14)26)21(27)28/h7,9,11,15-18,25,27-28H,5-6,8,10,12H2,1-4H3;10-11H,6-9H2,1-5H3,(H,27,28)/t15-,16-,17-,18+,21-,22-,23-;10?,11-/m00/s1. The summed E-state index contributed by atoms with van der Waals surface area (Å²) >= 11 is 0. The molecular formula is C44H58FN3O9. The molecule has 1 aromatic heterocycles. The van der Waals surface area contributed by atoms with Gasteiger partial charge in [-0.05, 0) is 105 Å². The number of ether oxygens (including phenoxy) is 1. The van der Waals surface area contributed by atoms with Crippen LogP contribution in [0.2, 0.25) is 0 Å². The van der Waals surface area contributed by atoms with Gasteiger partial charge >= 0.3 is 5.97 Å². The Morgan fingerprint density at radius 3 is 2.39 bits per heavy atom. The molecule has 2 aromatic rings. The number of aromatic carboxylic acids is 1. The molecule has 12 nitrogen and oxygen atoms in total. The molecule has 1 aromatic carbocycles. The smallest absolute Gasteiger partial charge is 0.341 e. The number of nitrogens with zero attached hydrogens (tertiary/aromatic N) is 3. The Balaban J connectivity index is 0.000000174. The van der Waals surface area contributed by atoms with Crippen LogP contribution in [0.3, 0.4) is 0 Å². The number of hydrogen-bond acceptors (Lipinski definition) is 10. The molecular weight excluding hydrogens is 733 g/mol. The minimum absolute atomic E-state index is 0.00655. The van der Waals surface area contributed by atoms with Gasteiger partial charge in [0.25, 0.3) is 0 Å². The number of halogens is 1. The van der Waals surface area contributed by atoms with Gasteiger partial charge < -0.3 is 39.5 Å². The number of carbonyl (C=O) groups is 3. The zero-order valence-corrected chi connectivity index (χ0v) is 34.6. The van der Waals surface area contributed by atoms with Gasteiger partial charge in [0.05, 0.1) is 23.0 Å². The number of piperazine rings is 1. The molecule has 0 amide bonds. The highest BCUT2D eigenvalue weighted by atomic mass is 19.1. The molecule has 4 N–H and O–H groups in total. The number of pyridine rings is 1. The van der Waals surface area contributed by atoms with Crippen molar-refractivity contribution in [2.75, 3.05) is 38.2 Å². The number of benzene rings is 1. The van der Waals surface area contributed by atoms with Crippen molar-refractivity contribution in [2.45, 2.75) is 117 Å². The number of fused-ring (bicyclic) bond motifs is 5. The third-order valence-corrected chi connectivity index (χ3v) is 15.0. The molecule has 13 heteroatoms. The van der Waals surface area contributed by atoms with E-state index in [9.17, 15) is 39.6 Å². The highest BCUT2D eigenvalue weighted by molar-refractivity contribution is 6.01. The highest BCUT2D eigenvalue weighted by Crippen LogP contribution is 2.67. The van der Waals surface area contributed by atoms with Gasteiger partial charge in [-0.1, -0.05) is 25.5 Å². The number of carbonyl (C=O) groups excluding carboxylic acids is 2. The Kier molecular flexibility index (Phi) is 10.0. The van der Waals surface area contributed by atoms with Crippen molar-refractivity contribution >= 4 is 34.1 Å². The van der Waals surface area contributed by atoms with Crippen molar-refractivity contribution in [3.05, 3.63) is 56.7 Å². The number of allylic oxidation sites excluding steroid dienone is 4. The van der Waals surface area contributed by atoms with Gasteiger partial charge in [0.2, 0.25) is 5.43 Å². The maximum absolute atomic E-state index is 15.6. The van der Waals surface area contributed by atoms with Gasteiger partial charge in [-0.15, -0.1) is 0 Å². The van der Waals surface area contributed by atoms with E-state index >= 15 is 4.39 Å². The van der Waals surface area contributed by atoms with Gasteiger partial charge in [0.15, 0.2) is 23.1 Å². The van der Waals surface area contributed by atoms with Crippen LogP contribution in [-0.4, -0.2) is 104 Å². The van der Waals surface area contributed by atoms with E-state index in [1.165, 1.54) is 13.8 Å². The van der Waals surface area contributed by atoms with Crippen LogP contribution in [0.25, 0.3) is 10.9 Å². The SMILES string of the molecule is CC(C)(O)C(=O)[C@@]1(O)CC[C@H]2[C@@H]3CCC4=CC(=O)C=C[C@]4(C)[C@H]3[C@@H](O)C[C@@]21C.Cc1c(F)c(N2CCN(C)C(C)C2)c2c3c1c(=O)c(C(=O)O)c(C)n3[C@@H](C)CO2. The van der Waals surface area contributed by atoms with Crippen LogP contribution >= 0.6 is 0 Å². The largest absolute Gasteiger partial charge is 0.487 e. The quantitative estimate of drug-likeness (QED) is 0.333. The molecule has 4 fully saturated rings. The van der Waals surface area contributed by atoms with E-state index in [4.69, 9.17) is 4.74 Å². The molecule has 6 aliphatic rings. The van der Waals surface area contributed by atoms with Gasteiger partial charge in [0.1, 0.15) is 29.1 Å². The van der Waals surface area contributed by atoms with Crippen molar-refractivity contribution in [2.24, 2.45) is 28.6 Å². The first-order chi connectivity index (χ1) is 26.5. The number of aromatic nitrogens is 1. The Bertz CT molecular complexity index is 2190. The number of likely N-dealkylation sites (N-methyl/N-ethyl adjacent to an activating group) is 1. The number of rotatable bonds is 4. The number of anilines is 1. The lowest BCUT2D eigenvalue weighted by molar-refractivity contribution is -0.187. The number of ketones is 2. The number of Topliss-reactive ketones (excluding diaryl/α,β-unsaturated/α-hetero) is 1. The second-order valence-electron chi connectivity index (χ2n) is 18.7. The van der Waals surface area contributed by atoms with Gasteiger partial charge in [-0.2, -0.15) is 0 Å². The minimum atomic E-state index is -1.63. The summed E-state index contributed by atoms with van der Waals surface area (Å²) in [4.78, 5) is 53.9. The molecule has 8 rings (SSSR count). The summed E-state index contributed by atoms with van der Waals surface area (Å²) in [6, 6.07) is 0.0695. The fourth-order valence-electron chi connectivity index (χ4n) is 11.8. The first-order valence-electron chi connectivity index (χ1n) is 20.3. The third-order valence-electron chi connectivity index (χ3n) is 15.0.